The molecule has 1 heteroatoms. The molecule has 0 heterocycles. The van der Waals surface area contributed by atoms with Crippen molar-refractivity contribution in [2.24, 2.45) is 0 Å². The van der Waals surface area contributed by atoms with Crippen LogP contribution >= 0.6 is 0 Å². The minimum Gasteiger partial charge on any atom is -0.300 e. The van der Waals surface area contributed by atoms with E-state index in [9.17, 15) is 4.79 Å². The van der Waals surface area contributed by atoms with E-state index in [1.807, 2.05) is 0 Å². The lowest BCUT2D eigenvalue weighted by Crippen LogP contribution is -1.96. The van der Waals surface area contributed by atoms with Crippen LogP contribution in [0.1, 0.15) is 44.2 Å². The van der Waals surface area contributed by atoms with Crippen molar-refractivity contribution in [2.75, 3.05) is 0 Å². The molecule has 1 aromatic rings. The third kappa shape index (κ3) is 4.78. The Kier molecular flexibility index (Phi) is 5.09. The Morgan fingerprint density at radius 1 is 1.07 bits per heavy atom. The Labute approximate surface area is 92.5 Å². The predicted octanol–water partition coefficient (Wildman–Crippen LogP) is 3.55. The summed E-state index contributed by atoms with van der Waals surface area (Å²) in [6, 6.07) is 8.44. The van der Waals surface area contributed by atoms with Gasteiger partial charge in [-0.3, -0.25) is 4.79 Å². The Morgan fingerprint density at radius 3 is 2.20 bits per heavy atom. The number of benzene rings is 1. The average molecular weight is 204 g/mol. The molecule has 0 bridgehead atoms. The van der Waals surface area contributed by atoms with Gasteiger partial charge in [0, 0.05) is 6.42 Å². The van der Waals surface area contributed by atoms with Crippen molar-refractivity contribution in [3.63, 3.8) is 0 Å². The van der Waals surface area contributed by atoms with E-state index in [0.717, 1.165) is 12.0 Å². The third-order valence-electron chi connectivity index (χ3n) is 2.55. The highest BCUT2D eigenvalue weighted by Gasteiger charge is 1.98. The molecule has 0 saturated carbocycles. The van der Waals surface area contributed by atoms with Crippen molar-refractivity contribution < 1.29 is 4.79 Å². The second-order valence-electron chi connectivity index (χ2n) is 4.15. The highest BCUT2D eigenvalue weighted by Crippen LogP contribution is 2.09. The van der Waals surface area contributed by atoms with E-state index in [-0.39, 0.29) is 5.78 Å². The zero-order valence-electron chi connectivity index (χ0n) is 9.75. The van der Waals surface area contributed by atoms with Crippen molar-refractivity contribution in [1.82, 2.24) is 0 Å². The molecule has 0 spiro atoms. The second kappa shape index (κ2) is 6.39. The van der Waals surface area contributed by atoms with Gasteiger partial charge in [0.1, 0.15) is 5.78 Å². The number of aryl methyl sites for hydroxylation is 1. The number of unbranched alkanes of at least 4 members (excludes halogenated alkanes) is 2. The average Bonchev–Trinajstić information content (AvgIpc) is 2.20. The third-order valence-corrected chi connectivity index (χ3v) is 2.55. The maximum absolute atomic E-state index is 10.9. The first-order valence-corrected chi connectivity index (χ1v) is 5.79. The number of Topliss-reactive ketones (excluding diaryl/α,β-unsaturated/α-hetero) is 1. The number of carbonyl (C=O) groups excluding carboxylic acids is 1. The Bertz CT molecular complexity index is 298. The highest BCUT2D eigenvalue weighted by molar-refractivity contribution is 5.78. The highest BCUT2D eigenvalue weighted by atomic mass is 16.1. The van der Waals surface area contributed by atoms with E-state index in [1.165, 1.54) is 24.8 Å². The summed E-state index contributed by atoms with van der Waals surface area (Å²) in [5, 5.41) is 0. The van der Waals surface area contributed by atoms with Crippen molar-refractivity contribution in [1.29, 1.82) is 0 Å². The Morgan fingerprint density at radius 2 is 1.67 bits per heavy atom. The molecule has 0 N–H and O–H groups in total. The molecule has 0 amide bonds. The van der Waals surface area contributed by atoms with Gasteiger partial charge in [-0.2, -0.15) is 0 Å². The van der Waals surface area contributed by atoms with Crippen LogP contribution < -0.4 is 0 Å². The summed E-state index contributed by atoms with van der Waals surface area (Å²) in [5.41, 5.74) is 2.51. The van der Waals surface area contributed by atoms with Gasteiger partial charge in [-0.25, -0.2) is 0 Å². The lowest BCUT2D eigenvalue weighted by atomic mass is 10.0. The summed E-state index contributed by atoms with van der Waals surface area (Å²) in [6.45, 7) is 3.85. The number of rotatable bonds is 6. The molecule has 1 nitrogen and oxygen atoms in total. The molecule has 15 heavy (non-hydrogen) atoms. The van der Waals surface area contributed by atoms with Gasteiger partial charge in [0.15, 0.2) is 0 Å². The lowest BCUT2D eigenvalue weighted by molar-refractivity contribution is -0.116. The van der Waals surface area contributed by atoms with E-state index in [1.54, 1.807) is 6.92 Å². The summed E-state index contributed by atoms with van der Waals surface area (Å²) < 4.78 is 0. The summed E-state index contributed by atoms with van der Waals surface area (Å²) >= 11 is 0. The molecule has 0 aliphatic rings. The fourth-order valence-corrected chi connectivity index (χ4v) is 1.69. The first-order valence-electron chi connectivity index (χ1n) is 5.79. The number of ketones is 1. The fourth-order valence-electron chi connectivity index (χ4n) is 1.69. The van der Waals surface area contributed by atoms with Crippen LogP contribution in [0.15, 0.2) is 24.3 Å². The van der Waals surface area contributed by atoms with Gasteiger partial charge >= 0.3 is 0 Å². The molecular weight excluding hydrogens is 184 g/mol. The fraction of sp³-hybridized carbons (Fsp3) is 0.500. The number of hydrogen-bond acceptors (Lipinski definition) is 1. The zero-order chi connectivity index (χ0) is 11.1. The van der Waals surface area contributed by atoms with Crippen LogP contribution in [0.4, 0.5) is 0 Å². The molecule has 0 aliphatic heterocycles. The molecule has 1 rings (SSSR count). The van der Waals surface area contributed by atoms with Gasteiger partial charge in [0.05, 0.1) is 0 Å². The normalized spacial score (nSPS) is 10.3. The van der Waals surface area contributed by atoms with Crippen molar-refractivity contribution in [3.05, 3.63) is 35.4 Å². The summed E-state index contributed by atoms with van der Waals surface area (Å²) in [4.78, 5) is 10.9. The van der Waals surface area contributed by atoms with E-state index in [2.05, 4.69) is 31.2 Å². The van der Waals surface area contributed by atoms with E-state index < -0.39 is 0 Å². The monoisotopic (exact) mass is 204 g/mol. The zero-order valence-corrected chi connectivity index (χ0v) is 9.75. The van der Waals surface area contributed by atoms with Gasteiger partial charge in [0.2, 0.25) is 0 Å². The molecule has 0 unspecified atom stereocenters. The Balaban J connectivity index is 2.45. The number of hydrogen-bond donors (Lipinski definition) is 0. The summed E-state index contributed by atoms with van der Waals surface area (Å²) in [5.74, 6) is 0.230. The van der Waals surface area contributed by atoms with E-state index in [4.69, 9.17) is 0 Å². The summed E-state index contributed by atoms with van der Waals surface area (Å²) in [7, 11) is 0. The molecule has 0 saturated heterocycles. The number of carbonyl (C=O) groups is 1. The predicted molar refractivity (Wildman–Crippen MR) is 64.1 cm³/mol. The molecule has 1 aromatic carbocycles. The van der Waals surface area contributed by atoms with Gasteiger partial charge in [0.25, 0.3) is 0 Å². The van der Waals surface area contributed by atoms with Crippen LogP contribution in [0.2, 0.25) is 0 Å². The first kappa shape index (κ1) is 12.0. The maximum Gasteiger partial charge on any atom is 0.134 e. The minimum absolute atomic E-state index is 0.230. The molecule has 82 valence electrons. The second-order valence-corrected chi connectivity index (χ2v) is 4.15. The minimum atomic E-state index is 0.230. The SMILES string of the molecule is CCCCCc1ccc(CC(C)=O)cc1. The van der Waals surface area contributed by atoms with E-state index >= 15 is 0 Å². The van der Waals surface area contributed by atoms with Gasteiger partial charge in [-0.1, -0.05) is 44.0 Å². The molecule has 0 radical (unpaired) electrons. The maximum atomic E-state index is 10.9. The lowest BCUT2D eigenvalue weighted by Gasteiger charge is -2.02. The van der Waals surface area contributed by atoms with Crippen molar-refractivity contribution >= 4 is 5.78 Å². The standard InChI is InChI=1S/C14H20O/c1-3-4-5-6-13-7-9-14(10-8-13)11-12(2)15/h7-10H,3-6,11H2,1-2H3. The molecule has 0 aliphatic carbocycles. The van der Waals surface area contributed by atoms with Crippen molar-refractivity contribution in [2.45, 2.75) is 46.0 Å². The van der Waals surface area contributed by atoms with Crippen LogP contribution in [-0.4, -0.2) is 5.78 Å². The summed E-state index contributed by atoms with van der Waals surface area (Å²) in [6.07, 6.45) is 5.56. The van der Waals surface area contributed by atoms with Crippen LogP contribution in [0, 0.1) is 0 Å². The molecule has 0 atom stereocenters. The van der Waals surface area contributed by atoms with Gasteiger partial charge < -0.3 is 0 Å². The molecule has 0 aromatic heterocycles. The van der Waals surface area contributed by atoms with Crippen LogP contribution in [0.3, 0.4) is 0 Å². The Hall–Kier alpha value is -1.11. The first-order chi connectivity index (χ1) is 7.22. The molecular formula is C14H20O. The van der Waals surface area contributed by atoms with Crippen LogP contribution in [-0.2, 0) is 17.6 Å². The van der Waals surface area contributed by atoms with Gasteiger partial charge in [-0.15, -0.1) is 0 Å². The smallest absolute Gasteiger partial charge is 0.134 e. The topological polar surface area (TPSA) is 17.1 Å². The quantitative estimate of drug-likeness (QED) is 0.648. The van der Waals surface area contributed by atoms with Gasteiger partial charge in [-0.05, 0) is 30.9 Å². The largest absolute Gasteiger partial charge is 0.300 e. The van der Waals surface area contributed by atoms with Crippen molar-refractivity contribution in [3.8, 4) is 0 Å². The van der Waals surface area contributed by atoms with Crippen LogP contribution in [0.25, 0.3) is 0 Å². The van der Waals surface area contributed by atoms with Crippen LogP contribution in [0.5, 0.6) is 0 Å². The molecule has 0 fully saturated rings. The van der Waals surface area contributed by atoms with E-state index in [0.29, 0.717) is 6.42 Å².